The molecule has 1 saturated heterocycles. The minimum absolute atomic E-state index is 0.0233. The molecule has 0 spiro atoms. The number of benzene rings is 1. The lowest BCUT2D eigenvalue weighted by molar-refractivity contribution is -0.131. The predicted octanol–water partition coefficient (Wildman–Crippen LogP) is 1.04. The lowest BCUT2D eigenvalue weighted by atomic mass is 10.2. The van der Waals surface area contributed by atoms with E-state index in [1.54, 1.807) is 30.1 Å². The van der Waals surface area contributed by atoms with E-state index in [2.05, 4.69) is 5.32 Å². The molecule has 1 fully saturated rings. The molecule has 5 nitrogen and oxygen atoms in total. The van der Waals surface area contributed by atoms with Crippen LogP contribution in [0.4, 0.5) is 4.39 Å². The molecule has 21 heavy (non-hydrogen) atoms. The van der Waals surface area contributed by atoms with Crippen molar-refractivity contribution < 1.29 is 18.7 Å². The van der Waals surface area contributed by atoms with Crippen molar-refractivity contribution in [3.05, 3.63) is 30.1 Å². The molecule has 1 amide bonds. The zero-order chi connectivity index (χ0) is 15.1. The van der Waals surface area contributed by atoms with Crippen LogP contribution in [0.25, 0.3) is 0 Å². The highest BCUT2D eigenvalue weighted by atomic mass is 19.1. The van der Waals surface area contributed by atoms with E-state index in [0.29, 0.717) is 26.2 Å². The maximum Gasteiger partial charge on any atom is 0.224 e. The number of hydrogen-bond acceptors (Lipinski definition) is 4. The summed E-state index contributed by atoms with van der Waals surface area (Å²) in [5.74, 6) is -0.161. The molecule has 1 atom stereocenters. The molecule has 0 aliphatic carbocycles. The van der Waals surface area contributed by atoms with Crippen molar-refractivity contribution in [1.82, 2.24) is 10.2 Å². The smallest absolute Gasteiger partial charge is 0.224 e. The first-order chi connectivity index (χ1) is 10.2. The molecule has 1 unspecified atom stereocenters. The van der Waals surface area contributed by atoms with Gasteiger partial charge in [-0.05, 0) is 12.1 Å². The average molecular weight is 296 g/mol. The van der Waals surface area contributed by atoms with E-state index in [-0.39, 0.29) is 24.3 Å². The third-order valence-corrected chi connectivity index (χ3v) is 3.37. The van der Waals surface area contributed by atoms with Gasteiger partial charge in [0.15, 0.2) is 11.6 Å². The second kappa shape index (κ2) is 7.95. The summed E-state index contributed by atoms with van der Waals surface area (Å²) in [5.41, 5.74) is 0. The van der Waals surface area contributed by atoms with Gasteiger partial charge in [0.1, 0.15) is 6.61 Å². The van der Waals surface area contributed by atoms with Gasteiger partial charge in [0.2, 0.25) is 5.91 Å². The van der Waals surface area contributed by atoms with Gasteiger partial charge in [-0.25, -0.2) is 4.39 Å². The Morgan fingerprint density at radius 2 is 2.33 bits per heavy atom. The first-order valence-corrected chi connectivity index (χ1v) is 7.09. The number of morpholine rings is 1. The fraction of sp³-hybridized carbons (Fsp3) is 0.533. The minimum atomic E-state index is -0.393. The molecule has 2 rings (SSSR count). The number of carbonyl (C=O) groups is 1. The highest BCUT2D eigenvalue weighted by molar-refractivity contribution is 5.76. The Morgan fingerprint density at radius 3 is 3.05 bits per heavy atom. The molecular formula is C15H21FN2O3. The van der Waals surface area contributed by atoms with E-state index < -0.39 is 5.82 Å². The SMILES string of the molecule is CN(CCOc1ccccc1F)C(=O)CC1COCCN1. The van der Waals surface area contributed by atoms with Crippen LogP contribution in [-0.4, -0.2) is 56.8 Å². The van der Waals surface area contributed by atoms with Crippen molar-refractivity contribution in [1.29, 1.82) is 0 Å². The van der Waals surface area contributed by atoms with Gasteiger partial charge in [-0.1, -0.05) is 12.1 Å². The number of rotatable bonds is 6. The summed E-state index contributed by atoms with van der Waals surface area (Å²) in [7, 11) is 1.72. The summed E-state index contributed by atoms with van der Waals surface area (Å²) < 4.78 is 24.0. The maximum atomic E-state index is 13.4. The predicted molar refractivity (Wildman–Crippen MR) is 76.8 cm³/mol. The summed E-state index contributed by atoms with van der Waals surface area (Å²) in [4.78, 5) is 13.6. The summed E-state index contributed by atoms with van der Waals surface area (Å²) in [5, 5.41) is 3.24. The Morgan fingerprint density at radius 1 is 1.52 bits per heavy atom. The van der Waals surface area contributed by atoms with E-state index in [9.17, 15) is 9.18 Å². The molecule has 1 aromatic carbocycles. The van der Waals surface area contributed by atoms with E-state index >= 15 is 0 Å². The van der Waals surface area contributed by atoms with Gasteiger partial charge in [-0.3, -0.25) is 4.79 Å². The second-order valence-corrected chi connectivity index (χ2v) is 5.02. The number of carbonyl (C=O) groups excluding carboxylic acids is 1. The summed E-state index contributed by atoms with van der Waals surface area (Å²) in [6.45, 7) is 2.71. The third kappa shape index (κ3) is 4.99. The van der Waals surface area contributed by atoms with Crippen LogP contribution >= 0.6 is 0 Å². The Balaban J connectivity index is 1.70. The Hall–Kier alpha value is -1.66. The van der Waals surface area contributed by atoms with Crippen molar-refractivity contribution in [3.63, 3.8) is 0 Å². The molecule has 0 radical (unpaired) electrons. The van der Waals surface area contributed by atoms with E-state index in [4.69, 9.17) is 9.47 Å². The van der Waals surface area contributed by atoms with E-state index in [0.717, 1.165) is 6.54 Å². The Kier molecular flexibility index (Phi) is 5.95. The molecule has 1 aliphatic heterocycles. The zero-order valence-corrected chi connectivity index (χ0v) is 12.2. The van der Waals surface area contributed by atoms with Gasteiger partial charge in [-0.2, -0.15) is 0 Å². The Labute approximate surface area is 124 Å². The minimum Gasteiger partial charge on any atom is -0.489 e. The lowest BCUT2D eigenvalue weighted by Gasteiger charge is -2.25. The number of halogens is 1. The third-order valence-electron chi connectivity index (χ3n) is 3.37. The van der Waals surface area contributed by atoms with Crippen LogP contribution in [0.15, 0.2) is 24.3 Å². The molecule has 1 aliphatic rings. The largest absolute Gasteiger partial charge is 0.489 e. The fourth-order valence-corrected chi connectivity index (χ4v) is 2.10. The van der Waals surface area contributed by atoms with Crippen molar-refractivity contribution in [3.8, 4) is 5.75 Å². The summed E-state index contributed by atoms with van der Waals surface area (Å²) in [6.07, 6.45) is 0.399. The van der Waals surface area contributed by atoms with Crippen molar-refractivity contribution >= 4 is 5.91 Å². The molecule has 1 N–H and O–H groups in total. The fourth-order valence-electron chi connectivity index (χ4n) is 2.10. The van der Waals surface area contributed by atoms with Crippen molar-refractivity contribution in [2.24, 2.45) is 0 Å². The van der Waals surface area contributed by atoms with Crippen LogP contribution in [0.5, 0.6) is 5.75 Å². The first kappa shape index (κ1) is 15.7. The number of ether oxygens (including phenoxy) is 2. The monoisotopic (exact) mass is 296 g/mol. The average Bonchev–Trinajstić information content (AvgIpc) is 2.50. The van der Waals surface area contributed by atoms with Crippen molar-refractivity contribution in [2.75, 3.05) is 40.0 Å². The second-order valence-electron chi connectivity index (χ2n) is 5.02. The van der Waals surface area contributed by atoms with Crippen LogP contribution in [0.3, 0.4) is 0 Å². The van der Waals surface area contributed by atoms with Crippen LogP contribution in [0.1, 0.15) is 6.42 Å². The number of nitrogens with one attached hydrogen (secondary N) is 1. The Bertz CT molecular complexity index is 464. The highest BCUT2D eigenvalue weighted by Gasteiger charge is 2.19. The van der Waals surface area contributed by atoms with Crippen molar-refractivity contribution in [2.45, 2.75) is 12.5 Å². The molecule has 0 saturated carbocycles. The number of likely N-dealkylation sites (N-methyl/N-ethyl adjacent to an activating group) is 1. The van der Waals surface area contributed by atoms with Gasteiger partial charge < -0.3 is 19.7 Å². The van der Waals surface area contributed by atoms with Crippen LogP contribution in [0.2, 0.25) is 0 Å². The van der Waals surface area contributed by atoms with E-state index in [1.807, 2.05) is 0 Å². The van der Waals surface area contributed by atoms with Gasteiger partial charge >= 0.3 is 0 Å². The molecular weight excluding hydrogens is 275 g/mol. The molecule has 116 valence electrons. The highest BCUT2D eigenvalue weighted by Crippen LogP contribution is 2.15. The molecule has 0 aromatic heterocycles. The number of hydrogen-bond donors (Lipinski definition) is 1. The normalized spacial score (nSPS) is 18.3. The topological polar surface area (TPSA) is 50.8 Å². The lowest BCUT2D eigenvalue weighted by Crippen LogP contribution is -2.45. The van der Waals surface area contributed by atoms with Gasteiger partial charge in [0, 0.05) is 26.1 Å². The van der Waals surface area contributed by atoms with Crippen LogP contribution in [0, 0.1) is 5.82 Å². The first-order valence-electron chi connectivity index (χ1n) is 7.09. The molecule has 6 heteroatoms. The van der Waals surface area contributed by atoms with Crippen LogP contribution < -0.4 is 10.1 Å². The number of nitrogens with zero attached hydrogens (tertiary/aromatic N) is 1. The van der Waals surface area contributed by atoms with Crippen LogP contribution in [-0.2, 0) is 9.53 Å². The quantitative estimate of drug-likeness (QED) is 0.852. The van der Waals surface area contributed by atoms with Gasteiger partial charge in [0.05, 0.1) is 19.8 Å². The number of amides is 1. The summed E-state index contributed by atoms with van der Waals surface area (Å²) in [6, 6.07) is 6.31. The maximum absolute atomic E-state index is 13.4. The standard InChI is InChI=1S/C15H21FN2O3/c1-18(15(19)10-12-11-20-8-6-17-12)7-9-21-14-5-3-2-4-13(14)16/h2-5,12,17H,6-11H2,1H3. The molecule has 0 bridgehead atoms. The number of para-hydroxylation sites is 1. The zero-order valence-electron chi connectivity index (χ0n) is 12.2. The van der Waals surface area contributed by atoms with Gasteiger partial charge in [0.25, 0.3) is 0 Å². The van der Waals surface area contributed by atoms with E-state index in [1.165, 1.54) is 6.07 Å². The van der Waals surface area contributed by atoms with Gasteiger partial charge in [-0.15, -0.1) is 0 Å². The molecule has 1 aromatic rings. The molecule has 1 heterocycles. The summed E-state index contributed by atoms with van der Waals surface area (Å²) >= 11 is 0.